The van der Waals surface area contributed by atoms with Crippen LogP contribution in [0, 0.1) is 19.8 Å². The van der Waals surface area contributed by atoms with Crippen molar-refractivity contribution < 1.29 is 22.5 Å². The van der Waals surface area contributed by atoms with Crippen LogP contribution in [0.3, 0.4) is 0 Å². The largest absolute Gasteiger partial charge is 0.497 e. The summed E-state index contributed by atoms with van der Waals surface area (Å²) < 4.78 is 37.3. The summed E-state index contributed by atoms with van der Waals surface area (Å²) in [5.41, 5.74) is 0.736. The smallest absolute Gasteiger partial charge is 0.254 e. The maximum Gasteiger partial charge on any atom is 0.254 e. The van der Waals surface area contributed by atoms with Gasteiger partial charge in [-0.1, -0.05) is 5.16 Å². The van der Waals surface area contributed by atoms with E-state index in [0.29, 0.717) is 42.7 Å². The number of aromatic nitrogens is 2. The van der Waals surface area contributed by atoms with Gasteiger partial charge < -0.3 is 14.2 Å². The molecule has 10 heteroatoms. The van der Waals surface area contributed by atoms with E-state index in [1.807, 2.05) is 13.0 Å². The number of ether oxygens (including phenoxy) is 1. The molecule has 0 bridgehead atoms. The van der Waals surface area contributed by atoms with Crippen LogP contribution in [0.15, 0.2) is 22.7 Å². The first-order chi connectivity index (χ1) is 14.2. The number of nitrogens with zero attached hydrogens (tertiary/aromatic N) is 4. The summed E-state index contributed by atoms with van der Waals surface area (Å²) in [6.07, 6.45) is 0. The van der Waals surface area contributed by atoms with Crippen LogP contribution >= 0.6 is 0 Å². The molecule has 0 spiro atoms. The van der Waals surface area contributed by atoms with E-state index in [-0.39, 0.29) is 24.1 Å². The zero-order valence-electron chi connectivity index (χ0n) is 17.6. The lowest BCUT2D eigenvalue weighted by molar-refractivity contribution is 0.0772. The molecule has 9 nitrogen and oxygen atoms in total. The first-order valence-corrected chi connectivity index (χ1v) is 11.5. The van der Waals surface area contributed by atoms with E-state index in [1.165, 1.54) is 4.31 Å². The molecular formula is C20H26N4O5S. The summed E-state index contributed by atoms with van der Waals surface area (Å²) in [7, 11) is -1.77. The Bertz CT molecular complexity index is 1080. The summed E-state index contributed by atoms with van der Waals surface area (Å²) in [5, 5.41) is 3.91. The predicted molar refractivity (Wildman–Crippen MR) is 109 cm³/mol. The van der Waals surface area contributed by atoms with Gasteiger partial charge in [0.15, 0.2) is 5.82 Å². The van der Waals surface area contributed by atoms with Crippen molar-refractivity contribution in [3.63, 3.8) is 0 Å². The van der Waals surface area contributed by atoms with Crippen molar-refractivity contribution in [2.75, 3.05) is 39.0 Å². The lowest BCUT2D eigenvalue weighted by Crippen LogP contribution is -2.41. The van der Waals surface area contributed by atoms with Gasteiger partial charge in [-0.25, -0.2) is 12.7 Å². The Labute approximate surface area is 176 Å². The summed E-state index contributed by atoms with van der Waals surface area (Å²) in [6.45, 7) is 6.58. The lowest BCUT2D eigenvalue weighted by Gasteiger charge is -2.26. The standard InChI is InChI=1S/C20H26N4O5S/c1-5-30(26,27)24-10-15-9-23(11-20(15,12-24)19-21-14(3)22-29-19)18(25)17-7-6-16(28-4)8-13(17)2/h6-8,15H,5,9-12H2,1-4H3/t15-,20-/m0/s1. The van der Waals surface area contributed by atoms with E-state index in [4.69, 9.17) is 9.26 Å². The first kappa shape index (κ1) is 20.8. The summed E-state index contributed by atoms with van der Waals surface area (Å²) in [4.78, 5) is 19.5. The summed E-state index contributed by atoms with van der Waals surface area (Å²) >= 11 is 0. The van der Waals surface area contributed by atoms with Crippen LogP contribution in [-0.2, 0) is 15.4 Å². The van der Waals surface area contributed by atoms with Crippen molar-refractivity contribution >= 4 is 15.9 Å². The van der Waals surface area contributed by atoms with Crippen molar-refractivity contribution in [2.24, 2.45) is 5.92 Å². The highest BCUT2D eigenvalue weighted by Gasteiger charge is 2.59. The minimum absolute atomic E-state index is 0.0341. The number of rotatable bonds is 5. The quantitative estimate of drug-likeness (QED) is 0.700. The van der Waals surface area contributed by atoms with Crippen LogP contribution in [0.4, 0.5) is 0 Å². The van der Waals surface area contributed by atoms with E-state index >= 15 is 0 Å². The molecule has 0 radical (unpaired) electrons. The molecule has 30 heavy (non-hydrogen) atoms. The molecule has 4 rings (SSSR count). The first-order valence-electron chi connectivity index (χ1n) is 9.92. The van der Waals surface area contributed by atoms with E-state index < -0.39 is 15.4 Å². The van der Waals surface area contributed by atoms with Crippen LogP contribution < -0.4 is 4.74 Å². The van der Waals surface area contributed by atoms with Gasteiger partial charge in [0.05, 0.1) is 18.3 Å². The van der Waals surface area contributed by atoms with Gasteiger partial charge in [-0.3, -0.25) is 4.79 Å². The molecule has 162 valence electrons. The minimum atomic E-state index is -3.36. The number of carbonyl (C=O) groups is 1. The number of hydrogen-bond acceptors (Lipinski definition) is 7. The molecular weight excluding hydrogens is 408 g/mol. The van der Waals surface area contributed by atoms with Crippen molar-refractivity contribution in [1.82, 2.24) is 19.3 Å². The van der Waals surface area contributed by atoms with Gasteiger partial charge in [0.2, 0.25) is 15.9 Å². The SMILES string of the molecule is CCS(=O)(=O)N1C[C@@H]2CN(C(=O)c3ccc(OC)cc3C)C[C@]2(c2nc(C)no2)C1. The number of likely N-dealkylation sites (tertiary alicyclic amines) is 1. The molecule has 2 aliphatic rings. The lowest BCUT2D eigenvalue weighted by atomic mass is 9.81. The van der Waals surface area contributed by atoms with Crippen molar-refractivity contribution in [3.8, 4) is 5.75 Å². The van der Waals surface area contributed by atoms with Gasteiger partial charge in [0, 0.05) is 37.7 Å². The molecule has 1 aromatic heterocycles. The topological polar surface area (TPSA) is 106 Å². The number of aryl methyl sites for hydroxylation is 2. The van der Waals surface area contributed by atoms with E-state index in [2.05, 4.69) is 10.1 Å². The fourth-order valence-electron chi connectivity index (χ4n) is 4.54. The van der Waals surface area contributed by atoms with E-state index in [9.17, 15) is 13.2 Å². The number of benzene rings is 1. The fourth-order valence-corrected chi connectivity index (χ4v) is 5.74. The van der Waals surface area contributed by atoms with Crippen LogP contribution in [0.5, 0.6) is 5.75 Å². The zero-order chi connectivity index (χ0) is 21.7. The van der Waals surface area contributed by atoms with Crippen LogP contribution in [0.25, 0.3) is 0 Å². The predicted octanol–water partition coefficient (Wildman–Crippen LogP) is 1.37. The average molecular weight is 435 g/mol. The van der Waals surface area contributed by atoms with E-state index in [0.717, 1.165) is 5.56 Å². The summed E-state index contributed by atoms with van der Waals surface area (Å²) in [6, 6.07) is 5.36. The Balaban J connectivity index is 1.66. The normalized spacial score (nSPS) is 24.3. The van der Waals surface area contributed by atoms with Crippen LogP contribution in [0.1, 0.15) is 34.6 Å². The molecule has 2 aromatic rings. The molecule has 0 saturated carbocycles. The van der Waals surface area contributed by atoms with Gasteiger partial charge in [-0.15, -0.1) is 0 Å². The minimum Gasteiger partial charge on any atom is -0.497 e. The number of methoxy groups -OCH3 is 1. The average Bonchev–Trinajstić information content (AvgIpc) is 3.40. The Kier molecular flexibility index (Phi) is 5.09. The Morgan fingerprint density at radius 2 is 2.07 bits per heavy atom. The van der Waals surface area contributed by atoms with Crippen molar-refractivity contribution in [1.29, 1.82) is 0 Å². The summed E-state index contributed by atoms with van der Waals surface area (Å²) in [5.74, 6) is 1.42. The van der Waals surface area contributed by atoms with Gasteiger partial charge in [-0.05, 0) is 44.5 Å². The highest BCUT2D eigenvalue weighted by Crippen LogP contribution is 2.45. The third-order valence-electron chi connectivity index (χ3n) is 6.24. The molecule has 1 aromatic carbocycles. The van der Waals surface area contributed by atoms with Gasteiger partial charge in [0.1, 0.15) is 5.75 Å². The number of amides is 1. The molecule has 1 amide bonds. The van der Waals surface area contributed by atoms with Crippen molar-refractivity contribution in [3.05, 3.63) is 41.0 Å². The molecule has 2 atom stereocenters. The maximum atomic E-state index is 13.3. The third-order valence-corrected chi connectivity index (χ3v) is 8.04. The maximum absolute atomic E-state index is 13.3. The fraction of sp³-hybridized carbons (Fsp3) is 0.550. The second-order valence-electron chi connectivity index (χ2n) is 8.06. The molecule has 0 N–H and O–H groups in total. The Morgan fingerprint density at radius 1 is 1.30 bits per heavy atom. The molecule has 0 aliphatic carbocycles. The molecule has 2 aliphatic heterocycles. The molecule has 2 saturated heterocycles. The Hall–Kier alpha value is -2.46. The van der Waals surface area contributed by atoms with Crippen molar-refractivity contribution in [2.45, 2.75) is 26.2 Å². The zero-order valence-corrected chi connectivity index (χ0v) is 18.4. The number of fused-ring (bicyclic) bond motifs is 1. The number of hydrogen-bond donors (Lipinski definition) is 0. The van der Waals surface area contributed by atoms with E-state index in [1.54, 1.807) is 38.0 Å². The van der Waals surface area contributed by atoms with Crippen LogP contribution in [0.2, 0.25) is 0 Å². The Morgan fingerprint density at radius 3 is 2.67 bits per heavy atom. The molecule has 3 heterocycles. The molecule has 0 unspecified atom stereocenters. The molecule has 2 fully saturated rings. The van der Waals surface area contributed by atoms with Gasteiger partial charge >= 0.3 is 0 Å². The second-order valence-corrected chi connectivity index (χ2v) is 10.3. The number of carbonyl (C=O) groups excluding carboxylic acids is 1. The monoisotopic (exact) mass is 434 g/mol. The third kappa shape index (κ3) is 3.27. The highest BCUT2D eigenvalue weighted by atomic mass is 32.2. The second kappa shape index (κ2) is 7.35. The number of sulfonamides is 1. The van der Waals surface area contributed by atoms with Crippen LogP contribution in [-0.4, -0.2) is 72.7 Å². The highest BCUT2D eigenvalue weighted by molar-refractivity contribution is 7.89. The van der Waals surface area contributed by atoms with Gasteiger partial charge in [0.25, 0.3) is 5.91 Å². The van der Waals surface area contributed by atoms with Gasteiger partial charge in [-0.2, -0.15) is 4.98 Å².